The molecule has 0 unspecified atom stereocenters. The van der Waals surface area contributed by atoms with E-state index in [0.717, 1.165) is 10.9 Å². The van der Waals surface area contributed by atoms with Crippen LogP contribution in [-0.4, -0.2) is 25.2 Å². The summed E-state index contributed by atoms with van der Waals surface area (Å²) in [6.07, 6.45) is 6.36. The Hall–Kier alpha value is -0.950. The Labute approximate surface area is 166 Å². The second-order valence-corrected chi connectivity index (χ2v) is 9.33. The monoisotopic (exact) mass is 443 g/mol. The second kappa shape index (κ2) is 10.4. The summed E-state index contributed by atoms with van der Waals surface area (Å²) in [5.74, 6) is -0.0279. The van der Waals surface area contributed by atoms with E-state index in [-0.39, 0.29) is 10.8 Å². The molecule has 0 fully saturated rings. The van der Waals surface area contributed by atoms with Gasteiger partial charge in [0, 0.05) is 4.47 Å². The topological polar surface area (TPSA) is 66.4 Å². The van der Waals surface area contributed by atoms with Gasteiger partial charge in [0.1, 0.15) is 0 Å². The second-order valence-electron chi connectivity index (χ2n) is 6.70. The summed E-state index contributed by atoms with van der Waals surface area (Å²) in [5, 5.41) is 11.4. The summed E-state index contributed by atoms with van der Waals surface area (Å²) in [7, 11) is -3.75. The fourth-order valence-electron chi connectivity index (χ4n) is 2.98. The zero-order chi connectivity index (χ0) is 19.8. The van der Waals surface area contributed by atoms with Gasteiger partial charge in [-0.05, 0) is 55.9 Å². The predicted molar refractivity (Wildman–Crippen MR) is 112 cm³/mol. The molecule has 0 aliphatic heterocycles. The van der Waals surface area contributed by atoms with Crippen molar-refractivity contribution in [3.05, 3.63) is 54.0 Å². The molecule has 26 heavy (non-hydrogen) atoms. The van der Waals surface area contributed by atoms with Crippen LogP contribution in [0.15, 0.2) is 58.9 Å². The minimum Gasteiger partial charge on any atom is -0.388 e. The van der Waals surface area contributed by atoms with Crippen LogP contribution >= 0.6 is 15.9 Å². The standard InChI is InChI=1S/C20H30BrNO3S/c1-5-8-14-20(23,15-9-6-2)19(16(4)7-3)22-26(24,25)18-12-10-17(21)11-13-18/h5-6,10-13,16,19,22-23H,1-2,7-9,14-15H2,3-4H3/t16-,19-/m0/s1. The van der Waals surface area contributed by atoms with Crippen molar-refractivity contribution in [3.63, 3.8) is 0 Å². The first kappa shape index (κ1) is 23.1. The van der Waals surface area contributed by atoms with Crippen molar-refractivity contribution in [2.24, 2.45) is 5.92 Å². The highest BCUT2D eigenvalue weighted by Crippen LogP contribution is 2.31. The molecular weight excluding hydrogens is 414 g/mol. The quantitative estimate of drug-likeness (QED) is 0.455. The average Bonchev–Trinajstić information content (AvgIpc) is 2.62. The van der Waals surface area contributed by atoms with Gasteiger partial charge in [-0.25, -0.2) is 13.1 Å². The number of hydrogen-bond acceptors (Lipinski definition) is 3. The Morgan fingerprint density at radius 2 is 1.69 bits per heavy atom. The zero-order valence-corrected chi connectivity index (χ0v) is 18.0. The van der Waals surface area contributed by atoms with Crippen LogP contribution in [0.25, 0.3) is 0 Å². The van der Waals surface area contributed by atoms with Crippen molar-refractivity contribution in [2.75, 3.05) is 0 Å². The number of benzene rings is 1. The molecule has 2 atom stereocenters. The Morgan fingerprint density at radius 1 is 1.19 bits per heavy atom. The Bertz CT molecular complexity index is 674. The van der Waals surface area contributed by atoms with Crippen molar-refractivity contribution in [2.45, 2.75) is 62.5 Å². The molecule has 0 heterocycles. The van der Waals surface area contributed by atoms with E-state index in [2.05, 4.69) is 33.8 Å². The first-order valence-electron chi connectivity index (χ1n) is 8.92. The van der Waals surface area contributed by atoms with Crippen molar-refractivity contribution in [1.29, 1.82) is 0 Å². The first-order valence-corrected chi connectivity index (χ1v) is 11.2. The number of aliphatic hydroxyl groups is 1. The zero-order valence-electron chi connectivity index (χ0n) is 15.6. The molecule has 6 heteroatoms. The maximum absolute atomic E-state index is 12.9. The molecular formula is C20H30BrNO3S. The van der Waals surface area contributed by atoms with Crippen LogP contribution in [0.3, 0.4) is 0 Å². The van der Waals surface area contributed by atoms with E-state index in [1.54, 1.807) is 36.4 Å². The molecule has 0 aliphatic rings. The Kier molecular flexibility index (Phi) is 9.24. The number of sulfonamides is 1. The van der Waals surface area contributed by atoms with Crippen molar-refractivity contribution in [1.82, 2.24) is 4.72 Å². The van der Waals surface area contributed by atoms with Crippen LogP contribution in [0, 0.1) is 5.92 Å². The molecule has 0 bridgehead atoms. The molecule has 4 nitrogen and oxygen atoms in total. The molecule has 1 aromatic carbocycles. The van der Waals surface area contributed by atoms with Gasteiger partial charge >= 0.3 is 0 Å². The molecule has 146 valence electrons. The van der Waals surface area contributed by atoms with Crippen molar-refractivity contribution >= 4 is 26.0 Å². The van der Waals surface area contributed by atoms with Gasteiger partial charge in [0.25, 0.3) is 0 Å². The summed E-state index contributed by atoms with van der Waals surface area (Å²) in [6.45, 7) is 11.4. The molecule has 0 saturated heterocycles. The molecule has 0 spiro atoms. The van der Waals surface area contributed by atoms with Gasteiger partial charge in [-0.3, -0.25) is 0 Å². The lowest BCUT2D eigenvalue weighted by Gasteiger charge is -2.40. The third kappa shape index (κ3) is 6.34. The maximum atomic E-state index is 12.9. The SMILES string of the molecule is C=CCCC(O)(CCC=C)[C@@H](NS(=O)(=O)c1ccc(Br)cc1)[C@@H](C)CC. The van der Waals surface area contributed by atoms with Gasteiger partial charge in [-0.2, -0.15) is 0 Å². The Balaban J connectivity index is 3.22. The third-order valence-electron chi connectivity index (χ3n) is 4.76. The van der Waals surface area contributed by atoms with E-state index < -0.39 is 21.7 Å². The van der Waals surface area contributed by atoms with Crippen LogP contribution in [0.4, 0.5) is 0 Å². The number of rotatable bonds is 12. The van der Waals surface area contributed by atoms with Crippen molar-refractivity contribution < 1.29 is 13.5 Å². The molecule has 2 N–H and O–H groups in total. The largest absolute Gasteiger partial charge is 0.388 e. The lowest BCUT2D eigenvalue weighted by molar-refractivity contribution is -0.0226. The van der Waals surface area contributed by atoms with Crippen LogP contribution in [0.5, 0.6) is 0 Å². The van der Waals surface area contributed by atoms with E-state index >= 15 is 0 Å². The normalized spacial score (nSPS) is 14.6. The maximum Gasteiger partial charge on any atom is 0.240 e. The van der Waals surface area contributed by atoms with E-state index in [4.69, 9.17) is 0 Å². The lowest BCUT2D eigenvalue weighted by atomic mass is 9.78. The summed E-state index contributed by atoms with van der Waals surface area (Å²) in [5.41, 5.74) is -1.17. The molecule has 0 aromatic heterocycles. The van der Waals surface area contributed by atoms with Gasteiger partial charge in [-0.1, -0.05) is 48.4 Å². The van der Waals surface area contributed by atoms with E-state index in [1.807, 2.05) is 13.8 Å². The first-order chi connectivity index (χ1) is 12.2. The average molecular weight is 444 g/mol. The number of hydrogen-bond donors (Lipinski definition) is 2. The minimum absolute atomic E-state index is 0.0279. The smallest absolute Gasteiger partial charge is 0.240 e. The van der Waals surface area contributed by atoms with Crippen LogP contribution in [0.2, 0.25) is 0 Å². The van der Waals surface area contributed by atoms with Gasteiger partial charge in [0.05, 0.1) is 16.5 Å². The molecule has 0 saturated carbocycles. The predicted octanol–water partition coefficient (Wildman–Crippen LogP) is 4.81. The van der Waals surface area contributed by atoms with E-state index in [9.17, 15) is 13.5 Å². The number of halogens is 1. The van der Waals surface area contributed by atoms with Crippen LogP contribution < -0.4 is 4.72 Å². The highest BCUT2D eigenvalue weighted by Gasteiger charge is 2.40. The van der Waals surface area contributed by atoms with Crippen LogP contribution in [-0.2, 0) is 10.0 Å². The van der Waals surface area contributed by atoms with E-state index in [1.165, 1.54) is 0 Å². The Morgan fingerprint density at radius 3 is 2.12 bits per heavy atom. The van der Waals surface area contributed by atoms with Gasteiger partial charge in [0.15, 0.2) is 0 Å². The highest BCUT2D eigenvalue weighted by atomic mass is 79.9. The summed E-state index contributed by atoms with van der Waals surface area (Å²) in [4.78, 5) is 0.184. The fourth-order valence-corrected chi connectivity index (χ4v) is 4.66. The van der Waals surface area contributed by atoms with Gasteiger partial charge < -0.3 is 5.11 Å². The summed E-state index contributed by atoms with van der Waals surface area (Å²) in [6, 6.07) is 5.88. The van der Waals surface area contributed by atoms with E-state index in [0.29, 0.717) is 25.7 Å². The fraction of sp³-hybridized carbons (Fsp3) is 0.500. The van der Waals surface area contributed by atoms with Crippen LogP contribution in [0.1, 0.15) is 46.0 Å². The highest BCUT2D eigenvalue weighted by molar-refractivity contribution is 9.10. The molecule has 1 aromatic rings. The van der Waals surface area contributed by atoms with Crippen molar-refractivity contribution in [3.8, 4) is 0 Å². The minimum atomic E-state index is -3.75. The molecule has 0 aliphatic carbocycles. The number of allylic oxidation sites excluding steroid dienone is 2. The third-order valence-corrected chi connectivity index (χ3v) is 6.75. The molecule has 1 rings (SSSR count). The molecule has 0 amide bonds. The summed E-state index contributed by atoms with van der Waals surface area (Å²) < 4.78 is 29.4. The lowest BCUT2D eigenvalue weighted by Crippen LogP contribution is -2.55. The molecule has 0 radical (unpaired) electrons. The summed E-state index contributed by atoms with van der Waals surface area (Å²) >= 11 is 3.31. The van der Waals surface area contributed by atoms with Gasteiger partial charge in [-0.15, -0.1) is 13.2 Å². The number of nitrogens with one attached hydrogen (secondary N) is 1. The van der Waals surface area contributed by atoms with Gasteiger partial charge in [0.2, 0.25) is 10.0 Å².